The predicted octanol–water partition coefficient (Wildman–Crippen LogP) is 2.18. The van der Waals surface area contributed by atoms with E-state index in [4.69, 9.17) is 0 Å². The van der Waals surface area contributed by atoms with Crippen molar-refractivity contribution >= 4 is 5.78 Å². The highest BCUT2D eigenvalue weighted by atomic mass is 16.1. The van der Waals surface area contributed by atoms with E-state index in [9.17, 15) is 4.79 Å². The SMILES string of the molecule is CC(=O)[C@@H]1C[C@@H]2C=C[C@@H]1CC2. The van der Waals surface area contributed by atoms with Crippen LogP contribution in [0.1, 0.15) is 26.2 Å². The lowest BCUT2D eigenvalue weighted by Crippen LogP contribution is -2.31. The Kier molecular flexibility index (Phi) is 1.59. The number of Topliss-reactive ketones (excluding diaryl/α,β-unsaturated/α-hetero) is 1. The molecule has 0 spiro atoms. The highest BCUT2D eigenvalue weighted by Crippen LogP contribution is 2.40. The van der Waals surface area contributed by atoms with E-state index in [1.54, 1.807) is 6.92 Å². The highest BCUT2D eigenvalue weighted by Gasteiger charge is 2.33. The minimum Gasteiger partial charge on any atom is -0.300 e. The molecule has 3 aliphatic rings. The molecule has 0 aromatic heterocycles. The van der Waals surface area contributed by atoms with Crippen LogP contribution in [0, 0.1) is 17.8 Å². The van der Waals surface area contributed by atoms with Gasteiger partial charge in [0.25, 0.3) is 0 Å². The number of rotatable bonds is 1. The van der Waals surface area contributed by atoms with Crippen LogP contribution in [0.15, 0.2) is 12.2 Å². The maximum Gasteiger partial charge on any atom is 0.133 e. The van der Waals surface area contributed by atoms with Gasteiger partial charge in [0.2, 0.25) is 0 Å². The lowest BCUT2D eigenvalue weighted by atomic mass is 9.68. The molecule has 0 amide bonds. The maximum atomic E-state index is 11.2. The lowest BCUT2D eigenvalue weighted by molar-refractivity contribution is -0.123. The van der Waals surface area contributed by atoms with Gasteiger partial charge in [0, 0.05) is 5.92 Å². The highest BCUT2D eigenvalue weighted by molar-refractivity contribution is 5.79. The average Bonchev–Trinajstić information content (AvgIpc) is 2.06. The van der Waals surface area contributed by atoms with Crippen LogP contribution in [0.5, 0.6) is 0 Å². The zero-order chi connectivity index (χ0) is 7.84. The molecule has 0 aromatic carbocycles. The molecule has 3 aliphatic carbocycles. The summed E-state index contributed by atoms with van der Waals surface area (Å²) in [6.07, 6.45) is 8.23. The van der Waals surface area contributed by atoms with E-state index >= 15 is 0 Å². The molecular formula is C10H14O. The van der Waals surface area contributed by atoms with Crippen LogP contribution in [0.2, 0.25) is 0 Å². The first kappa shape index (κ1) is 7.08. The second kappa shape index (κ2) is 2.47. The largest absolute Gasteiger partial charge is 0.300 e. The van der Waals surface area contributed by atoms with E-state index in [1.807, 2.05) is 0 Å². The third-order valence-corrected chi connectivity index (χ3v) is 3.10. The van der Waals surface area contributed by atoms with Crippen LogP contribution < -0.4 is 0 Å². The molecule has 0 aromatic rings. The zero-order valence-corrected chi connectivity index (χ0v) is 6.92. The van der Waals surface area contributed by atoms with E-state index in [-0.39, 0.29) is 0 Å². The Morgan fingerprint density at radius 2 is 2.18 bits per heavy atom. The van der Waals surface area contributed by atoms with Gasteiger partial charge < -0.3 is 0 Å². The number of carbonyl (C=O) groups is 1. The molecule has 60 valence electrons. The van der Waals surface area contributed by atoms with Crippen molar-refractivity contribution in [3.05, 3.63) is 12.2 Å². The summed E-state index contributed by atoms with van der Waals surface area (Å²) in [6, 6.07) is 0. The molecule has 0 saturated heterocycles. The van der Waals surface area contributed by atoms with Crippen molar-refractivity contribution in [3.63, 3.8) is 0 Å². The fourth-order valence-corrected chi connectivity index (χ4v) is 2.40. The molecule has 1 fully saturated rings. The number of hydrogen-bond acceptors (Lipinski definition) is 1. The summed E-state index contributed by atoms with van der Waals surface area (Å²) in [5.41, 5.74) is 0. The fourth-order valence-electron chi connectivity index (χ4n) is 2.40. The summed E-state index contributed by atoms with van der Waals surface area (Å²) in [7, 11) is 0. The van der Waals surface area contributed by atoms with Gasteiger partial charge in [-0.05, 0) is 38.0 Å². The lowest BCUT2D eigenvalue weighted by Gasteiger charge is -2.36. The van der Waals surface area contributed by atoms with Crippen molar-refractivity contribution in [1.82, 2.24) is 0 Å². The van der Waals surface area contributed by atoms with Crippen molar-refractivity contribution in [1.29, 1.82) is 0 Å². The van der Waals surface area contributed by atoms with E-state index in [0.717, 1.165) is 6.42 Å². The zero-order valence-electron chi connectivity index (χ0n) is 6.92. The summed E-state index contributed by atoms with van der Waals surface area (Å²) >= 11 is 0. The predicted molar refractivity (Wildman–Crippen MR) is 44.1 cm³/mol. The van der Waals surface area contributed by atoms with Crippen LogP contribution in [-0.2, 0) is 4.79 Å². The van der Waals surface area contributed by atoms with Crippen LogP contribution in [0.4, 0.5) is 0 Å². The Labute approximate surface area is 67.5 Å². The van der Waals surface area contributed by atoms with Gasteiger partial charge in [0.05, 0.1) is 0 Å². The Morgan fingerprint density at radius 1 is 1.36 bits per heavy atom. The molecule has 3 atom stereocenters. The maximum absolute atomic E-state index is 11.2. The van der Waals surface area contributed by atoms with Crippen molar-refractivity contribution in [2.75, 3.05) is 0 Å². The molecule has 1 saturated carbocycles. The molecule has 2 bridgehead atoms. The number of allylic oxidation sites excluding steroid dienone is 2. The smallest absolute Gasteiger partial charge is 0.133 e. The normalized spacial score (nSPS) is 41.0. The van der Waals surface area contributed by atoms with E-state index in [0.29, 0.717) is 23.5 Å². The first-order chi connectivity index (χ1) is 5.27. The van der Waals surface area contributed by atoms with Gasteiger partial charge in [-0.2, -0.15) is 0 Å². The fraction of sp³-hybridized carbons (Fsp3) is 0.700. The van der Waals surface area contributed by atoms with E-state index < -0.39 is 0 Å². The summed E-state index contributed by atoms with van der Waals surface area (Å²) in [4.78, 5) is 11.2. The summed E-state index contributed by atoms with van der Waals surface area (Å²) in [5, 5.41) is 0. The first-order valence-corrected chi connectivity index (χ1v) is 4.46. The molecule has 11 heavy (non-hydrogen) atoms. The summed E-state index contributed by atoms with van der Waals surface area (Å²) in [5.74, 6) is 2.05. The Balaban J connectivity index is 2.17. The molecule has 0 unspecified atom stereocenters. The monoisotopic (exact) mass is 150 g/mol. The van der Waals surface area contributed by atoms with Crippen molar-refractivity contribution in [2.24, 2.45) is 17.8 Å². The summed E-state index contributed by atoms with van der Waals surface area (Å²) in [6.45, 7) is 1.74. The molecule has 0 heterocycles. The minimum atomic E-state index is 0.360. The Bertz CT molecular complexity index is 205. The van der Waals surface area contributed by atoms with E-state index in [1.165, 1.54) is 12.8 Å². The second-order valence-corrected chi connectivity index (χ2v) is 3.84. The van der Waals surface area contributed by atoms with Gasteiger partial charge in [-0.25, -0.2) is 0 Å². The topological polar surface area (TPSA) is 17.1 Å². The van der Waals surface area contributed by atoms with Gasteiger partial charge in [0.15, 0.2) is 0 Å². The van der Waals surface area contributed by atoms with Crippen molar-refractivity contribution < 1.29 is 4.79 Å². The molecule has 0 N–H and O–H groups in total. The Hall–Kier alpha value is -0.590. The van der Waals surface area contributed by atoms with Gasteiger partial charge in [-0.3, -0.25) is 4.79 Å². The quantitative estimate of drug-likeness (QED) is 0.523. The van der Waals surface area contributed by atoms with Crippen molar-refractivity contribution in [2.45, 2.75) is 26.2 Å². The van der Waals surface area contributed by atoms with Gasteiger partial charge in [0.1, 0.15) is 5.78 Å². The molecule has 0 radical (unpaired) electrons. The van der Waals surface area contributed by atoms with Crippen LogP contribution >= 0.6 is 0 Å². The molecule has 0 aliphatic heterocycles. The van der Waals surface area contributed by atoms with Crippen LogP contribution in [0.25, 0.3) is 0 Å². The summed E-state index contributed by atoms with van der Waals surface area (Å²) < 4.78 is 0. The molecule has 1 nitrogen and oxygen atoms in total. The third-order valence-electron chi connectivity index (χ3n) is 3.10. The molecule has 3 rings (SSSR count). The van der Waals surface area contributed by atoms with Gasteiger partial charge in [-0.15, -0.1) is 0 Å². The minimum absolute atomic E-state index is 0.360. The molecule has 1 heteroatoms. The third kappa shape index (κ3) is 1.13. The van der Waals surface area contributed by atoms with Crippen LogP contribution in [-0.4, -0.2) is 5.78 Å². The second-order valence-electron chi connectivity index (χ2n) is 3.84. The number of fused-ring (bicyclic) bond motifs is 2. The standard InChI is InChI=1S/C10H14O/c1-7(11)10-6-8-2-4-9(10)5-3-8/h2,4,8-10H,3,5-6H2,1H3/t8-,9-,10+/m1/s1. The van der Waals surface area contributed by atoms with Crippen LogP contribution in [0.3, 0.4) is 0 Å². The van der Waals surface area contributed by atoms with Crippen molar-refractivity contribution in [3.8, 4) is 0 Å². The van der Waals surface area contributed by atoms with E-state index in [2.05, 4.69) is 12.2 Å². The van der Waals surface area contributed by atoms with Gasteiger partial charge >= 0.3 is 0 Å². The number of ketones is 1. The number of carbonyl (C=O) groups excluding carboxylic acids is 1. The first-order valence-electron chi connectivity index (χ1n) is 4.46. The Morgan fingerprint density at radius 3 is 2.45 bits per heavy atom. The van der Waals surface area contributed by atoms with Gasteiger partial charge in [-0.1, -0.05) is 12.2 Å². The molecular weight excluding hydrogens is 136 g/mol. The average molecular weight is 150 g/mol. The number of hydrogen-bond donors (Lipinski definition) is 0.